The fourth-order valence-corrected chi connectivity index (χ4v) is 0.502. The largest absolute Gasteiger partial charge is 0.394 e. The van der Waals surface area contributed by atoms with Crippen LogP contribution in [0, 0.1) is 0 Å². The Morgan fingerprint density at radius 2 is 2.33 bits per heavy atom. The van der Waals surface area contributed by atoms with Gasteiger partial charge >= 0.3 is 0 Å². The molecule has 9 heavy (non-hydrogen) atoms. The summed E-state index contributed by atoms with van der Waals surface area (Å²) in [6.45, 7) is 0. The molecule has 0 aromatic carbocycles. The predicted molar refractivity (Wildman–Crippen MR) is 33.5 cm³/mol. The molecule has 1 aromatic heterocycles. The molecule has 0 radical (unpaired) electrons. The van der Waals surface area contributed by atoms with Crippen LogP contribution in [0.2, 0.25) is 0 Å². The zero-order valence-electron chi connectivity index (χ0n) is 4.74. The normalized spacial score (nSPS) is 9.00. The molecule has 0 aliphatic carbocycles. The third-order valence-electron chi connectivity index (χ3n) is 0.912. The lowest BCUT2D eigenvalue weighted by Gasteiger charge is -1.97. The molecule has 4 heteroatoms. The number of aromatic nitrogens is 1. The van der Waals surface area contributed by atoms with Crippen molar-refractivity contribution in [2.24, 2.45) is 5.90 Å². The van der Waals surface area contributed by atoms with E-state index in [1.165, 1.54) is 0 Å². The maximum Gasteiger partial charge on any atom is 0.260 e. The summed E-state index contributed by atoms with van der Waals surface area (Å²) in [4.78, 5) is 8.03. The van der Waals surface area contributed by atoms with E-state index >= 15 is 0 Å². The van der Waals surface area contributed by atoms with Crippen LogP contribution in [0.1, 0.15) is 0 Å². The smallest absolute Gasteiger partial charge is 0.260 e. The quantitative estimate of drug-likeness (QED) is 0.514. The monoisotopic (exact) mass is 125 g/mol. The van der Waals surface area contributed by atoms with Gasteiger partial charge in [-0.2, -0.15) is 5.90 Å². The predicted octanol–water partition coefficient (Wildman–Crippen LogP) is -0.0837. The summed E-state index contributed by atoms with van der Waals surface area (Å²) in [6, 6.07) is 3.37. The number of anilines is 1. The van der Waals surface area contributed by atoms with Crippen LogP contribution in [-0.2, 0) is 0 Å². The molecule has 0 spiro atoms. The second-order valence-electron chi connectivity index (χ2n) is 1.52. The number of hydrogen-bond donors (Lipinski definition) is 2. The molecule has 0 bridgehead atoms. The fraction of sp³-hybridized carbons (Fsp3) is 0. The Morgan fingerprint density at radius 1 is 1.56 bits per heavy atom. The molecule has 1 rings (SSSR count). The van der Waals surface area contributed by atoms with E-state index in [2.05, 4.69) is 9.82 Å². The van der Waals surface area contributed by atoms with Crippen molar-refractivity contribution < 1.29 is 4.84 Å². The lowest BCUT2D eigenvalue weighted by Crippen LogP contribution is -2.05. The van der Waals surface area contributed by atoms with Crippen molar-refractivity contribution in [2.75, 3.05) is 5.73 Å². The average Bonchev–Trinajstić information content (AvgIpc) is 1.89. The van der Waals surface area contributed by atoms with Gasteiger partial charge in [0.15, 0.2) is 0 Å². The molecule has 0 aliphatic rings. The van der Waals surface area contributed by atoms with Crippen LogP contribution in [0.15, 0.2) is 18.3 Å². The number of pyridine rings is 1. The van der Waals surface area contributed by atoms with E-state index in [9.17, 15) is 0 Å². The number of rotatable bonds is 1. The molecule has 0 atom stereocenters. The SMILES string of the molecule is NOc1ncccc1N. The first-order valence-corrected chi connectivity index (χ1v) is 2.42. The highest BCUT2D eigenvalue weighted by Gasteiger charge is 1.94. The molecular formula is C5H7N3O. The summed E-state index contributed by atoms with van der Waals surface area (Å²) in [6.07, 6.45) is 1.55. The standard InChI is InChI=1S/C5H7N3O/c6-4-2-1-3-8-5(4)9-7/h1-3H,6-7H2. The molecule has 0 unspecified atom stereocenters. The number of nitrogens with two attached hydrogens (primary N) is 2. The maximum atomic E-state index is 5.36. The van der Waals surface area contributed by atoms with Crippen LogP contribution in [0.3, 0.4) is 0 Å². The summed E-state index contributed by atoms with van der Waals surface area (Å²) in [5.41, 5.74) is 5.81. The van der Waals surface area contributed by atoms with Gasteiger partial charge in [0.05, 0.1) is 5.69 Å². The Morgan fingerprint density at radius 3 is 2.78 bits per heavy atom. The van der Waals surface area contributed by atoms with Crippen molar-refractivity contribution in [1.82, 2.24) is 4.98 Å². The highest BCUT2D eigenvalue weighted by Crippen LogP contribution is 2.13. The minimum atomic E-state index is 0.262. The van der Waals surface area contributed by atoms with E-state index in [1.807, 2.05) is 0 Å². The summed E-state index contributed by atoms with van der Waals surface area (Å²) in [5.74, 6) is 5.07. The summed E-state index contributed by atoms with van der Waals surface area (Å²) in [7, 11) is 0. The Hall–Kier alpha value is -1.29. The molecule has 4 nitrogen and oxygen atoms in total. The van der Waals surface area contributed by atoms with Crippen LogP contribution < -0.4 is 16.5 Å². The molecule has 4 N–H and O–H groups in total. The first-order chi connectivity index (χ1) is 4.34. The third-order valence-corrected chi connectivity index (χ3v) is 0.912. The van der Waals surface area contributed by atoms with Crippen LogP contribution in [0.5, 0.6) is 5.88 Å². The van der Waals surface area contributed by atoms with Gasteiger partial charge in [-0.15, -0.1) is 0 Å². The van der Waals surface area contributed by atoms with Crippen LogP contribution in [-0.4, -0.2) is 4.98 Å². The van der Waals surface area contributed by atoms with E-state index in [4.69, 9.17) is 11.6 Å². The highest BCUT2D eigenvalue weighted by atomic mass is 16.6. The van der Waals surface area contributed by atoms with Crippen LogP contribution in [0.4, 0.5) is 5.69 Å². The molecular weight excluding hydrogens is 118 g/mol. The van der Waals surface area contributed by atoms with Crippen molar-refractivity contribution in [2.45, 2.75) is 0 Å². The molecule has 1 heterocycles. The second kappa shape index (κ2) is 2.32. The molecule has 48 valence electrons. The fourth-order valence-electron chi connectivity index (χ4n) is 0.502. The van der Waals surface area contributed by atoms with Crippen molar-refractivity contribution in [3.05, 3.63) is 18.3 Å². The minimum Gasteiger partial charge on any atom is -0.394 e. The number of nitrogen functional groups attached to an aromatic ring is 1. The summed E-state index contributed by atoms with van der Waals surface area (Å²) in [5, 5.41) is 0. The van der Waals surface area contributed by atoms with Gasteiger partial charge in [-0.05, 0) is 12.1 Å². The Labute approximate surface area is 52.4 Å². The van der Waals surface area contributed by atoms with Gasteiger partial charge in [-0.3, -0.25) is 0 Å². The van der Waals surface area contributed by atoms with E-state index in [-0.39, 0.29) is 5.88 Å². The molecule has 0 aliphatic heterocycles. The first kappa shape index (κ1) is 5.84. The van der Waals surface area contributed by atoms with Crippen molar-refractivity contribution >= 4 is 5.69 Å². The van der Waals surface area contributed by atoms with Gasteiger partial charge in [-0.25, -0.2) is 4.98 Å². The molecule has 0 saturated carbocycles. The number of nitrogens with zero attached hydrogens (tertiary/aromatic N) is 1. The van der Waals surface area contributed by atoms with Gasteiger partial charge in [0.25, 0.3) is 5.88 Å². The van der Waals surface area contributed by atoms with Crippen molar-refractivity contribution in [3.63, 3.8) is 0 Å². The Balaban J connectivity index is 3.01. The third kappa shape index (κ3) is 1.09. The van der Waals surface area contributed by atoms with Crippen LogP contribution >= 0.6 is 0 Å². The topological polar surface area (TPSA) is 74.2 Å². The second-order valence-corrected chi connectivity index (χ2v) is 1.52. The minimum absolute atomic E-state index is 0.262. The Kier molecular flexibility index (Phi) is 1.51. The van der Waals surface area contributed by atoms with Crippen LogP contribution in [0.25, 0.3) is 0 Å². The molecule has 0 amide bonds. The first-order valence-electron chi connectivity index (χ1n) is 2.42. The average molecular weight is 125 g/mol. The zero-order valence-corrected chi connectivity index (χ0v) is 4.74. The van der Waals surface area contributed by atoms with E-state index in [0.29, 0.717) is 5.69 Å². The van der Waals surface area contributed by atoms with Gasteiger partial charge in [0, 0.05) is 6.20 Å². The summed E-state index contributed by atoms with van der Waals surface area (Å²) < 4.78 is 0. The van der Waals surface area contributed by atoms with Crippen molar-refractivity contribution in [1.29, 1.82) is 0 Å². The lowest BCUT2D eigenvalue weighted by atomic mass is 10.4. The highest BCUT2D eigenvalue weighted by molar-refractivity contribution is 5.46. The number of hydrogen-bond acceptors (Lipinski definition) is 4. The lowest BCUT2D eigenvalue weighted by molar-refractivity contribution is 0.323. The molecule has 1 aromatic rings. The van der Waals surface area contributed by atoms with E-state index < -0.39 is 0 Å². The van der Waals surface area contributed by atoms with Gasteiger partial charge in [-0.1, -0.05) is 0 Å². The van der Waals surface area contributed by atoms with Gasteiger partial charge < -0.3 is 10.6 Å². The van der Waals surface area contributed by atoms with Gasteiger partial charge in [0.1, 0.15) is 0 Å². The Bertz CT molecular complexity index is 201. The van der Waals surface area contributed by atoms with Crippen molar-refractivity contribution in [3.8, 4) is 5.88 Å². The zero-order chi connectivity index (χ0) is 6.69. The molecule has 0 fully saturated rings. The maximum absolute atomic E-state index is 5.36. The van der Waals surface area contributed by atoms with E-state index in [0.717, 1.165) is 0 Å². The summed E-state index contributed by atoms with van der Waals surface area (Å²) >= 11 is 0. The molecule has 0 saturated heterocycles. The van der Waals surface area contributed by atoms with E-state index in [1.54, 1.807) is 18.3 Å². The van der Waals surface area contributed by atoms with Gasteiger partial charge in [0.2, 0.25) is 0 Å².